The number of benzene rings is 3. The van der Waals surface area contributed by atoms with Crippen molar-refractivity contribution in [1.82, 2.24) is 9.03 Å². The Labute approximate surface area is 216 Å². The molecule has 0 atom stereocenters. The topological polar surface area (TPSA) is 113 Å². The number of para-hydroxylation sites is 1. The predicted octanol–water partition coefficient (Wildman–Crippen LogP) is 3.88. The summed E-state index contributed by atoms with van der Waals surface area (Å²) >= 11 is 0. The molecule has 0 heterocycles. The van der Waals surface area contributed by atoms with Gasteiger partial charge in [-0.15, -0.1) is 0 Å². The van der Waals surface area contributed by atoms with Gasteiger partial charge in [-0.1, -0.05) is 43.2 Å². The van der Waals surface area contributed by atoms with Crippen LogP contribution in [-0.2, 0) is 31.4 Å². The molecule has 1 saturated carbocycles. The third-order valence-corrected chi connectivity index (χ3v) is 9.44. The van der Waals surface area contributed by atoms with E-state index in [9.17, 15) is 26.0 Å². The second-order valence-corrected chi connectivity index (χ2v) is 12.5. The summed E-state index contributed by atoms with van der Waals surface area (Å²) in [6.07, 6.45) is 3.47. The van der Waals surface area contributed by atoms with Gasteiger partial charge in [0.25, 0.3) is 0 Å². The van der Waals surface area contributed by atoms with E-state index in [2.05, 4.69) is 10.0 Å². The van der Waals surface area contributed by atoms with Gasteiger partial charge < -0.3 is 5.32 Å². The van der Waals surface area contributed by atoms with Crippen LogP contribution >= 0.6 is 0 Å². The van der Waals surface area contributed by atoms with Crippen LogP contribution < -0.4 is 10.0 Å². The number of amides is 1. The fourth-order valence-corrected chi connectivity index (χ4v) is 6.86. The molecule has 0 spiro atoms. The van der Waals surface area contributed by atoms with Crippen molar-refractivity contribution in [2.45, 2.75) is 48.1 Å². The Bertz CT molecular complexity index is 1420. The Morgan fingerprint density at radius 2 is 1.43 bits per heavy atom. The Morgan fingerprint density at radius 3 is 2.05 bits per heavy atom. The molecule has 4 rings (SSSR count). The number of carbonyl (C=O) groups is 1. The number of carbonyl (C=O) groups excluding carboxylic acids is 1. The van der Waals surface area contributed by atoms with Crippen LogP contribution in [0.25, 0.3) is 0 Å². The third kappa shape index (κ3) is 7.01. The van der Waals surface area contributed by atoms with Gasteiger partial charge in [-0.3, -0.25) is 4.79 Å². The quantitative estimate of drug-likeness (QED) is 0.402. The third-order valence-electron chi connectivity index (χ3n) is 6.10. The fourth-order valence-electron chi connectivity index (χ4n) is 4.17. The molecule has 3 aromatic carbocycles. The normalized spacial score (nSPS) is 14.6. The van der Waals surface area contributed by atoms with Crippen molar-refractivity contribution in [3.63, 3.8) is 0 Å². The first-order valence-electron chi connectivity index (χ1n) is 11.9. The predicted molar refractivity (Wildman–Crippen MR) is 138 cm³/mol. The molecular weight excluding hydrogens is 517 g/mol. The molecule has 0 unspecified atom stereocenters. The van der Waals surface area contributed by atoms with Crippen LogP contribution in [0.5, 0.6) is 0 Å². The van der Waals surface area contributed by atoms with E-state index in [0.717, 1.165) is 30.0 Å². The van der Waals surface area contributed by atoms with E-state index in [-0.39, 0.29) is 22.4 Å². The monoisotopic (exact) mass is 545 g/mol. The number of halogens is 1. The van der Waals surface area contributed by atoms with Crippen molar-refractivity contribution >= 4 is 31.6 Å². The molecule has 37 heavy (non-hydrogen) atoms. The lowest BCUT2D eigenvalue weighted by Gasteiger charge is -2.22. The molecule has 0 aromatic heterocycles. The highest BCUT2D eigenvalue weighted by atomic mass is 32.2. The SMILES string of the molecule is O=C(CN(Cc1ccc(F)cc1)S(=O)(=O)c1ccc(S(=O)(=O)NC2CCCC2)cc1)Nc1ccccc1. The van der Waals surface area contributed by atoms with Gasteiger partial charge in [-0.25, -0.2) is 25.9 Å². The average molecular weight is 546 g/mol. The summed E-state index contributed by atoms with van der Waals surface area (Å²) in [5.74, 6) is -1.03. The van der Waals surface area contributed by atoms with Gasteiger partial charge in [0.15, 0.2) is 0 Å². The minimum absolute atomic E-state index is 0.0368. The molecule has 1 amide bonds. The second kappa shape index (κ2) is 11.5. The van der Waals surface area contributed by atoms with E-state index >= 15 is 0 Å². The molecular formula is C26H28FN3O5S2. The molecule has 0 aliphatic heterocycles. The maximum Gasteiger partial charge on any atom is 0.243 e. The van der Waals surface area contributed by atoms with E-state index in [4.69, 9.17) is 0 Å². The van der Waals surface area contributed by atoms with Gasteiger partial charge >= 0.3 is 0 Å². The van der Waals surface area contributed by atoms with Crippen molar-refractivity contribution in [1.29, 1.82) is 0 Å². The molecule has 8 nitrogen and oxygen atoms in total. The molecule has 196 valence electrons. The Balaban J connectivity index is 1.57. The number of rotatable bonds is 10. The smallest absolute Gasteiger partial charge is 0.243 e. The van der Waals surface area contributed by atoms with Crippen molar-refractivity contribution in [3.8, 4) is 0 Å². The molecule has 0 radical (unpaired) electrons. The first kappa shape index (κ1) is 26.9. The standard InChI is InChI=1S/C26H28FN3O5S2/c27-21-12-10-20(11-13-21)18-30(19-26(31)28-22-6-2-1-3-7-22)37(34,35)25-16-14-24(15-17-25)36(32,33)29-23-8-4-5-9-23/h1-3,6-7,10-17,23,29H,4-5,8-9,18-19H2,(H,28,31). The molecule has 2 N–H and O–H groups in total. The van der Waals surface area contributed by atoms with Gasteiger partial charge in [0.05, 0.1) is 16.3 Å². The lowest BCUT2D eigenvalue weighted by Crippen LogP contribution is -2.37. The molecule has 1 aliphatic carbocycles. The minimum atomic E-state index is -4.22. The van der Waals surface area contributed by atoms with Gasteiger partial charge in [0.2, 0.25) is 26.0 Å². The van der Waals surface area contributed by atoms with Crippen molar-refractivity contribution in [2.24, 2.45) is 0 Å². The average Bonchev–Trinajstić information content (AvgIpc) is 3.38. The van der Waals surface area contributed by atoms with Crippen molar-refractivity contribution < 1.29 is 26.0 Å². The first-order chi connectivity index (χ1) is 17.6. The molecule has 0 saturated heterocycles. The molecule has 1 fully saturated rings. The summed E-state index contributed by atoms with van der Waals surface area (Å²) in [5, 5.41) is 2.66. The van der Waals surface area contributed by atoms with E-state index in [1.807, 2.05) is 0 Å². The number of nitrogens with one attached hydrogen (secondary N) is 2. The Hall–Kier alpha value is -3.12. The maximum atomic E-state index is 13.5. The summed E-state index contributed by atoms with van der Waals surface area (Å²) < 4.78 is 69.5. The maximum absolute atomic E-state index is 13.5. The van der Waals surface area contributed by atoms with Crippen LogP contribution in [0.1, 0.15) is 31.2 Å². The van der Waals surface area contributed by atoms with Gasteiger partial charge in [-0.2, -0.15) is 4.31 Å². The van der Waals surface area contributed by atoms with Crippen molar-refractivity contribution in [3.05, 3.63) is 90.2 Å². The van der Waals surface area contributed by atoms with Crippen LogP contribution in [0.2, 0.25) is 0 Å². The van der Waals surface area contributed by atoms with Crippen LogP contribution in [-0.4, -0.2) is 39.6 Å². The summed E-state index contributed by atoms with van der Waals surface area (Å²) in [7, 11) is -8.01. The summed E-state index contributed by atoms with van der Waals surface area (Å²) in [6.45, 7) is -0.688. The summed E-state index contributed by atoms with van der Waals surface area (Å²) in [5.41, 5.74) is 0.994. The number of anilines is 1. The molecule has 11 heteroatoms. The molecule has 3 aromatic rings. The van der Waals surface area contributed by atoms with Crippen molar-refractivity contribution in [2.75, 3.05) is 11.9 Å². The minimum Gasteiger partial charge on any atom is -0.325 e. The Morgan fingerprint density at radius 1 is 0.838 bits per heavy atom. The molecule has 1 aliphatic rings. The van der Waals surface area contributed by atoms with E-state index in [0.29, 0.717) is 11.3 Å². The second-order valence-electron chi connectivity index (χ2n) is 8.89. The largest absolute Gasteiger partial charge is 0.325 e. The van der Waals surface area contributed by atoms with Gasteiger partial charge in [0, 0.05) is 18.3 Å². The fraction of sp³-hybridized carbons (Fsp3) is 0.269. The van der Waals surface area contributed by atoms with Crippen LogP contribution in [0.3, 0.4) is 0 Å². The van der Waals surface area contributed by atoms with E-state index in [1.165, 1.54) is 48.5 Å². The zero-order valence-corrected chi connectivity index (χ0v) is 21.6. The lowest BCUT2D eigenvalue weighted by atomic mass is 10.2. The number of sulfonamides is 2. The zero-order chi connectivity index (χ0) is 26.5. The number of hydrogen-bond donors (Lipinski definition) is 2. The summed E-state index contributed by atoms with van der Waals surface area (Å²) in [4.78, 5) is 12.5. The van der Waals surface area contributed by atoms with Crippen LogP contribution in [0.15, 0.2) is 88.7 Å². The first-order valence-corrected chi connectivity index (χ1v) is 14.8. The van der Waals surface area contributed by atoms with Crippen LogP contribution in [0.4, 0.5) is 10.1 Å². The van der Waals surface area contributed by atoms with Crippen LogP contribution in [0, 0.1) is 5.82 Å². The highest BCUT2D eigenvalue weighted by molar-refractivity contribution is 7.89. The highest BCUT2D eigenvalue weighted by Crippen LogP contribution is 2.23. The van der Waals surface area contributed by atoms with Gasteiger partial charge in [-0.05, 0) is 66.9 Å². The Kier molecular flexibility index (Phi) is 8.38. The van der Waals surface area contributed by atoms with E-state index in [1.54, 1.807) is 30.3 Å². The molecule has 0 bridgehead atoms. The highest BCUT2D eigenvalue weighted by Gasteiger charge is 2.28. The van der Waals surface area contributed by atoms with Gasteiger partial charge in [0.1, 0.15) is 5.82 Å². The van der Waals surface area contributed by atoms with E-state index < -0.39 is 38.3 Å². The summed E-state index contributed by atoms with van der Waals surface area (Å²) in [6, 6.07) is 18.7. The number of hydrogen-bond acceptors (Lipinski definition) is 5. The zero-order valence-electron chi connectivity index (χ0n) is 20.0. The number of nitrogens with zero attached hydrogens (tertiary/aromatic N) is 1. The lowest BCUT2D eigenvalue weighted by molar-refractivity contribution is -0.116.